The molecule has 320 valence electrons. The van der Waals surface area contributed by atoms with Gasteiger partial charge in [0.1, 0.15) is 11.6 Å². The van der Waals surface area contributed by atoms with Crippen LogP contribution in [0.1, 0.15) is 127 Å². The van der Waals surface area contributed by atoms with Gasteiger partial charge < -0.3 is 35.2 Å². The van der Waals surface area contributed by atoms with Crippen LogP contribution in [0.25, 0.3) is 0 Å². The van der Waals surface area contributed by atoms with E-state index in [1.807, 2.05) is 48.5 Å². The molecule has 6 saturated heterocycles. The van der Waals surface area contributed by atoms with Crippen molar-refractivity contribution in [2.45, 2.75) is 180 Å². The number of nitrogens with zero attached hydrogens (tertiary/aromatic N) is 4. The Morgan fingerprint density at radius 1 is 0.618 bits per heavy atom. The molecule has 6 heterocycles. The molecule has 4 N–H and O–H groups in total. The number of ether oxygens (including phenoxy) is 2. The molecule has 6 aliphatic heterocycles. The van der Waals surface area contributed by atoms with Crippen LogP contribution in [-0.4, -0.2) is 161 Å². The quantitative estimate of drug-likeness (QED) is 0.280. The van der Waals surface area contributed by atoms with E-state index in [-0.39, 0.29) is 18.1 Å². The topological polar surface area (TPSA) is 130 Å². The number of rotatable bonds is 6. The summed E-state index contributed by atoms with van der Waals surface area (Å²) in [4.78, 5) is 33.4. The summed E-state index contributed by atoms with van der Waals surface area (Å²) in [7, 11) is 1.45. The van der Waals surface area contributed by atoms with Crippen molar-refractivity contribution in [2.75, 3.05) is 66.0 Å². The number of carbonyl (C=O) groups is 2. The third-order valence-electron chi connectivity index (χ3n) is 13.3. The van der Waals surface area contributed by atoms with Crippen molar-refractivity contribution in [2.24, 2.45) is 17.8 Å². The van der Waals surface area contributed by atoms with E-state index in [1.165, 1.54) is 45.9 Å². The summed E-state index contributed by atoms with van der Waals surface area (Å²) in [5, 5.41) is 27.4. The van der Waals surface area contributed by atoms with Gasteiger partial charge in [0, 0.05) is 43.3 Å². The Morgan fingerprint density at radius 3 is 1.49 bits per heavy atom. The molecule has 0 aromatic rings. The Hall–Kier alpha value is -1.54. The highest BCUT2D eigenvalue weighted by Gasteiger charge is 2.44. The molecule has 12 heteroatoms. The molecule has 6 rings (SSSR count). The van der Waals surface area contributed by atoms with E-state index in [0.717, 1.165) is 64.8 Å². The molecule has 6 fully saturated rings. The summed E-state index contributed by atoms with van der Waals surface area (Å²) in [5.41, 5.74) is -1.58. The number of amides is 1. The zero-order valence-electron chi connectivity index (χ0n) is 36.7. The molecule has 0 bridgehead atoms. The average Bonchev–Trinajstić information content (AvgIpc) is 3.89. The van der Waals surface area contributed by atoms with Gasteiger partial charge in [0.05, 0.1) is 18.3 Å². The summed E-state index contributed by atoms with van der Waals surface area (Å²) < 4.78 is 10.4. The first-order valence-corrected chi connectivity index (χ1v) is 21.9. The van der Waals surface area contributed by atoms with E-state index in [0.29, 0.717) is 61.1 Å². The lowest BCUT2D eigenvalue weighted by Crippen LogP contribution is -2.55. The van der Waals surface area contributed by atoms with E-state index in [1.54, 1.807) is 4.90 Å². The van der Waals surface area contributed by atoms with Crippen LogP contribution in [-0.2, 0) is 14.3 Å². The van der Waals surface area contributed by atoms with E-state index in [4.69, 9.17) is 9.47 Å². The van der Waals surface area contributed by atoms with Crippen LogP contribution < -0.4 is 10.6 Å². The van der Waals surface area contributed by atoms with Crippen molar-refractivity contribution in [1.29, 1.82) is 0 Å². The van der Waals surface area contributed by atoms with Crippen LogP contribution in [0, 0.1) is 17.8 Å². The second-order valence-electron chi connectivity index (χ2n) is 19.9. The number of piperidine rings is 3. The van der Waals surface area contributed by atoms with E-state index < -0.39 is 16.8 Å². The van der Waals surface area contributed by atoms with Gasteiger partial charge in [-0.25, -0.2) is 4.79 Å². The number of aliphatic hydroxyl groups is 2. The minimum absolute atomic E-state index is 0.125. The second kappa shape index (κ2) is 19.9. The molecule has 0 aromatic heterocycles. The summed E-state index contributed by atoms with van der Waals surface area (Å²) in [6.07, 6.45) is 9.77. The van der Waals surface area contributed by atoms with E-state index in [2.05, 4.69) is 46.1 Å². The van der Waals surface area contributed by atoms with Crippen LogP contribution in [0.2, 0.25) is 0 Å². The van der Waals surface area contributed by atoms with Gasteiger partial charge in [-0.15, -0.1) is 0 Å². The van der Waals surface area contributed by atoms with Crippen LogP contribution in [0.5, 0.6) is 0 Å². The molecule has 12 nitrogen and oxygen atoms in total. The van der Waals surface area contributed by atoms with Gasteiger partial charge in [0.2, 0.25) is 0 Å². The number of methoxy groups -OCH3 is 1. The zero-order chi connectivity index (χ0) is 40.7. The number of hydrogen-bond donors (Lipinski definition) is 4. The minimum atomic E-state index is -0.554. The second-order valence-corrected chi connectivity index (χ2v) is 19.9. The monoisotopic (exact) mass is 779 g/mol. The maximum absolute atomic E-state index is 12.2. The predicted molar refractivity (Wildman–Crippen MR) is 220 cm³/mol. The first kappa shape index (κ1) is 46.2. The highest BCUT2D eigenvalue weighted by Crippen LogP contribution is 2.34. The molecular formula is C43H82N6O6. The van der Waals surface area contributed by atoms with Gasteiger partial charge in [-0.3, -0.25) is 19.5 Å². The Morgan fingerprint density at radius 2 is 1.07 bits per heavy atom. The van der Waals surface area contributed by atoms with Crippen LogP contribution in [0.15, 0.2) is 0 Å². The zero-order valence-corrected chi connectivity index (χ0v) is 36.7. The standard InChI is InChI=1S/C17H30N2O4.2C13H26N2O/c1-12-11-18(16(21)23-17(2,3)4)10-8-13(12)19-9-6-7-14(19)15(20)22-5;2*1-10-9-14-7-6-11(10)15-8-4-5-12(15)13(2,3)16/h12-14H,6-11H2,1-5H3;2*10-12,14,16H,4-9H2,1-3H3/t12?,13?,14-;10-,11+,12+;10-,11+,12-/m010/s1. The Bertz CT molecular complexity index is 1150. The molecule has 9 atom stereocenters. The predicted octanol–water partition coefficient (Wildman–Crippen LogP) is 4.71. The lowest BCUT2D eigenvalue weighted by Gasteiger charge is -2.43. The Kier molecular flexibility index (Phi) is 16.7. The van der Waals surface area contributed by atoms with Crippen molar-refractivity contribution in [3.63, 3.8) is 0 Å². The van der Waals surface area contributed by atoms with Gasteiger partial charge in [0.25, 0.3) is 0 Å². The molecule has 0 aromatic carbocycles. The lowest BCUT2D eigenvalue weighted by molar-refractivity contribution is -0.147. The summed E-state index contributed by atoms with van der Waals surface area (Å²) in [6, 6.07) is 2.25. The van der Waals surface area contributed by atoms with E-state index >= 15 is 0 Å². The smallest absolute Gasteiger partial charge is 0.410 e. The van der Waals surface area contributed by atoms with Crippen molar-refractivity contribution in [3.05, 3.63) is 0 Å². The molecule has 0 aliphatic carbocycles. The van der Waals surface area contributed by atoms with Crippen LogP contribution in [0.4, 0.5) is 4.79 Å². The number of likely N-dealkylation sites (tertiary alicyclic amines) is 4. The first-order chi connectivity index (χ1) is 25.7. The molecule has 0 spiro atoms. The van der Waals surface area contributed by atoms with Gasteiger partial charge in [-0.1, -0.05) is 20.8 Å². The first-order valence-electron chi connectivity index (χ1n) is 21.9. The van der Waals surface area contributed by atoms with Crippen molar-refractivity contribution < 1.29 is 29.3 Å². The third kappa shape index (κ3) is 12.7. The van der Waals surface area contributed by atoms with Gasteiger partial charge in [-0.05, 0) is 170 Å². The summed E-state index contributed by atoms with van der Waals surface area (Å²) in [5.74, 6) is 1.58. The van der Waals surface area contributed by atoms with Crippen molar-refractivity contribution in [1.82, 2.24) is 30.2 Å². The maximum atomic E-state index is 12.2. The SMILES string of the molecule is COC(=O)[C@@H]1CCCN1C1CCN(C(=O)OC(C)(C)C)CC1C.C[C@@H]1CNCC[C@@H]1N1CCC[C@H]1C(C)(C)O.C[C@H]1CNCC[C@H]1N1CCC[C@H]1C(C)(C)O. The lowest BCUT2D eigenvalue weighted by atomic mass is 9.89. The fourth-order valence-corrected chi connectivity index (χ4v) is 10.6. The molecule has 0 saturated carbocycles. The Labute approximate surface area is 334 Å². The average molecular weight is 779 g/mol. The number of nitrogens with one attached hydrogen (secondary N) is 2. The molecule has 0 radical (unpaired) electrons. The van der Waals surface area contributed by atoms with Gasteiger partial charge in [0.15, 0.2) is 0 Å². The maximum Gasteiger partial charge on any atom is 0.410 e. The van der Waals surface area contributed by atoms with Crippen LogP contribution in [0.3, 0.4) is 0 Å². The molecule has 55 heavy (non-hydrogen) atoms. The normalized spacial score (nSPS) is 34.3. The van der Waals surface area contributed by atoms with Gasteiger partial charge in [-0.2, -0.15) is 0 Å². The molecule has 2 unspecified atom stereocenters. The van der Waals surface area contributed by atoms with Crippen LogP contribution >= 0.6 is 0 Å². The number of hydrogen-bond acceptors (Lipinski definition) is 11. The fraction of sp³-hybridized carbons (Fsp3) is 0.953. The highest BCUT2D eigenvalue weighted by atomic mass is 16.6. The van der Waals surface area contributed by atoms with Gasteiger partial charge >= 0.3 is 12.1 Å². The van der Waals surface area contributed by atoms with E-state index in [9.17, 15) is 19.8 Å². The van der Waals surface area contributed by atoms with Crippen molar-refractivity contribution >= 4 is 12.1 Å². The number of carbonyl (C=O) groups excluding carboxylic acids is 2. The fourth-order valence-electron chi connectivity index (χ4n) is 10.6. The Balaban J connectivity index is 0.000000188. The molecule has 1 amide bonds. The van der Waals surface area contributed by atoms with Crippen molar-refractivity contribution in [3.8, 4) is 0 Å². The largest absolute Gasteiger partial charge is 0.468 e. The number of esters is 1. The molecule has 6 aliphatic rings. The minimum Gasteiger partial charge on any atom is -0.468 e. The highest BCUT2D eigenvalue weighted by molar-refractivity contribution is 5.76. The summed E-state index contributed by atoms with van der Waals surface area (Å²) in [6.45, 7) is 29.4. The summed E-state index contributed by atoms with van der Waals surface area (Å²) >= 11 is 0. The third-order valence-corrected chi connectivity index (χ3v) is 13.3. The molecular weight excluding hydrogens is 697 g/mol.